The normalized spacial score (nSPS) is 21.8. The Balaban J connectivity index is 1.26. The number of hydrogen-bond donors (Lipinski definition) is 0. The fourth-order valence-corrected chi connectivity index (χ4v) is 6.44. The van der Waals surface area contributed by atoms with E-state index in [1.165, 1.54) is 11.1 Å². The van der Waals surface area contributed by atoms with E-state index >= 15 is 0 Å². The molecule has 5 rings (SSSR count). The first-order valence-electron chi connectivity index (χ1n) is 11.7. The summed E-state index contributed by atoms with van der Waals surface area (Å²) in [5.74, 6) is 1.02. The van der Waals surface area contributed by atoms with E-state index in [0.29, 0.717) is 39.9 Å². The average molecular weight is 517 g/mol. The number of carbonyl (C=O) groups excluding carboxylic acids is 1. The van der Waals surface area contributed by atoms with Crippen LogP contribution in [0.2, 0.25) is 10.0 Å². The quantitative estimate of drug-likeness (QED) is 0.367. The van der Waals surface area contributed by atoms with Gasteiger partial charge in [-0.2, -0.15) is 11.3 Å². The lowest BCUT2D eigenvalue weighted by atomic mass is 9.87. The van der Waals surface area contributed by atoms with E-state index in [9.17, 15) is 9.18 Å². The Morgan fingerprint density at radius 1 is 0.971 bits per heavy atom. The highest BCUT2D eigenvalue weighted by Gasteiger charge is 2.38. The molecule has 3 aromatic rings. The van der Waals surface area contributed by atoms with Crippen molar-refractivity contribution in [3.05, 3.63) is 91.8 Å². The van der Waals surface area contributed by atoms with Crippen molar-refractivity contribution < 1.29 is 9.18 Å². The zero-order valence-corrected chi connectivity index (χ0v) is 21.1. The van der Waals surface area contributed by atoms with Gasteiger partial charge in [0.15, 0.2) is 0 Å². The second-order valence-corrected chi connectivity index (χ2v) is 11.0. The molecule has 2 atom stereocenters. The van der Waals surface area contributed by atoms with Crippen LogP contribution in [-0.2, 0) is 0 Å². The van der Waals surface area contributed by atoms with Crippen molar-refractivity contribution >= 4 is 40.4 Å². The summed E-state index contributed by atoms with van der Waals surface area (Å²) in [5.41, 5.74) is 3.14. The van der Waals surface area contributed by atoms with Crippen LogP contribution in [0.25, 0.3) is 0 Å². The van der Waals surface area contributed by atoms with Gasteiger partial charge in [0.05, 0.1) is 10.0 Å². The molecule has 1 amide bonds. The number of thiophene rings is 1. The molecule has 2 saturated heterocycles. The molecule has 0 bridgehead atoms. The molecule has 3 heterocycles. The largest absolute Gasteiger partial charge is 0.338 e. The third-order valence-electron chi connectivity index (χ3n) is 7.29. The van der Waals surface area contributed by atoms with Crippen LogP contribution in [0.1, 0.15) is 46.2 Å². The SMILES string of the molecule is O=C(c1ccc(Cl)c(Cl)c1)N1CC(CN2CCC(c3ccc(F)cc3)CC2)C(c2ccsc2)C1. The molecule has 2 aliphatic rings. The standard InChI is InChI=1S/C27H27Cl2FN2OS/c28-25-6-3-20(13-26(25)29)27(33)32-15-22(24(16-32)21-9-12-34-17-21)14-31-10-7-19(8-11-31)18-1-4-23(30)5-2-18/h1-6,9,12-13,17,19,22,24H,7-8,10-11,14-16H2. The minimum atomic E-state index is -0.179. The maximum atomic E-state index is 13.3. The first-order chi connectivity index (χ1) is 16.5. The summed E-state index contributed by atoms with van der Waals surface area (Å²) in [5, 5.41) is 5.19. The molecule has 0 spiro atoms. The van der Waals surface area contributed by atoms with Crippen molar-refractivity contribution in [1.82, 2.24) is 9.80 Å². The third-order valence-corrected chi connectivity index (χ3v) is 8.73. The minimum Gasteiger partial charge on any atom is -0.338 e. The summed E-state index contributed by atoms with van der Waals surface area (Å²) in [6, 6.07) is 14.3. The van der Waals surface area contributed by atoms with Gasteiger partial charge < -0.3 is 9.80 Å². The predicted molar refractivity (Wildman–Crippen MR) is 138 cm³/mol. The summed E-state index contributed by atoms with van der Waals surface area (Å²) in [4.78, 5) is 17.8. The van der Waals surface area contributed by atoms with Crippen molar-refractivity contribution in [3.63, 3.8) is 0 Å². The number of piperidine rings is 1. The van der Waals surface area contributed by atoms with Crippen molar-refractivity contribution in [1.29, 1.82) is 0 Å². The summed E-state index contributed by atoms with van der Waals surface area (Å²) < 4.78 is 13.3. The van der Waals surface area contributed by atoms with Crippen LogP contribution in [0.15, 0.2) is 59.3 Å². The number of hydrogen-bond acceptors (Lipinski definition) is 3. The highest BCUT2D eigenvalue weighted by molar-refractivity contribution is 7.08. The van der Waals surface area contributed by atoms with Crippen molar-refractivity contribution in [3.8, 4) is 0 Å². The van der Waals surface area contributed by atoms with Gasteiger partial charge in [-0.15, -0.1) is 0 Å². The molecule has 2 fully saturated rings. The topological polar surface area (TPSA) is 23.6 Å². The van der Waals surface area contributed by atoms with Gasteiger partial charge in [0.25, 0.3) is 5.91 Å². The maximum absolute atomic E-state index is 13.3. The Morgan fingerprint density at radius 2 is 1.74 bits per heavy atom. The predicted octanol–water partition coefficient (Wildman–Crippen LogP) is 6.93. The van der Waals surface area contributed by atoms with Crippen LogP contribution in [0.5, 0.6) is 0 Å². The number of halogens is 3. The van der Waals surface area contributed by atoms with Crippen LogP contribution >= 0.6 is 34.5 Å². The number of nitrogens with zero attached hydrogens (tertiary/aromatic N) is 2. The molecule has 0 aliphatic carbocycles. The molecule has 34 heavy (non-hydrogen) atoms. The van der Waals surface area contributed by atoms with Crippen LogP contribution in [0.3, 0.4) is 0 Å². The van der Waals surface area contributed by atoms with Crippen LogP contribution in [0, 0.1) is 11.7 Å². The van der Waals surface area contributed by atoms with E-state index in [-0.39, 0.29) is 11.7 Å². The van der Waals surface area contributed by atoms with Gasteiger partial charge in [-0.1, -0.05) is 35.3 Å². The number of benzene rings is 2. The van der Waals surface area contributed by atoms with Crippen LogP contribution in [-0.4, -0.2) is 48.4 Å². The first-order valence-corrected chi connectivity index (χ1v) is 13.4. The van der Waals surface area contributed by atoms with Crippen molar-refractivity contribution in [2.45, 2.75) is 24.7 Å². The summed E-state index contributed by atoms with van der Waals surface area (Å²) in [6.07, 6.45) is 2.15. The van der Waals surface area contributed by atoms with E-state index in [4.69, 9.17) is 23.2 Å². The lowest BCUT2D eigenvalue weighted by Crippen LogP contribution is -2.38. The van der Waals surface area contributed by atoms with E-state index in [1.807, 2.05) is 17.0 Å². The molecule has 2 aliphatic heterocycles. The highest BCUT2D eigenvalue weighted by atomic mass is 35.5. The van der Waals surface area contributed by atoms with Crippen LogP contribution in [0.4, 0.5) is 4.39 Å². The van der Waals surface area contributed by atoms with Gasteiger partial charge >= 0.3 is 0 Å². The highest BCUT2D eigenvalue weighted by Crippen LogP contribution is 2.37. The minimum absolute atomic E-state index is 0.0105. The zero-order valence-electron chi connectivity index (χ0n) is 18.8. The second-order valence-electron chi connectivity index (χ2n) is 9.39. The molecule has 0 saturated carbocycles. The molecule has 2 aromatic carbocycles. The third kappa shape index (κ3) is 5.18. The number of likely N-dealkylation sites (tertiary alicyclic amines) is 2. The van der Waals surface area contributed by atoms with Gasteiger partial charge in [0.2, 0.25) is 0 Å². The number of rotatable bonds is 5. The molecule has 0 N–H and O–H groups in total. The monoisotopic (exact) mass is 516 g/mol. The maximum Gasteiger partial charge on any atom is 0.253 e. The Labute approximate surface area is 214 Å². The smallest absolute Gasteiger partial charge is 0.253 e. The first kappa shape index (κ1) is 23.8. The number of carbonyl (C=O) groups is 1. The molecular weight excluding hydrogens is 490 g/mol. The molecule has 1 aromatic heterocycles. The molecule has 2 unspecified atom stereocenters. The van der Waals surface area contributed by atoms with E-state index in [2.05, 4.69) is 21.7 Å². The van der Waals surface area contributed by atoms with E-state index < -0.39 is 0 Å². The van der Waals surface area contributed by atoms with Gasteiger partial charge in [-0.25, -0.2) is 4.39 Å². The molecule has 7 heteroatoms. The van der Waals surface area contributed by atoms with Gasteiger partial charge in [-0.05, 0) is 96.1 Å². The lowest BCUT2D eigenvalue weighted by molar-refractivity contribution is 0.0781. The van der Waals surface area contributed by atoms with Gasteiger partial charge in [0.1, 0.15) is 5.82 Å². The van der Waals surface area contributed by atoms with Crippen molar-refractivity contribution in [2.75, 3.05) is 32.7 Å². The second kappa shape index (κ2) is 10.4. The van der Waals surface area contributed by atoms with E-state index in [1.54, 1.807) is 41.7 Å². The van der Waals surface area contributed by atoms with Gasteiger partial charge in [0, 0.05) is 31.1 Å². The van der Waals surface area contributed by atoms with Crippen molar-refractivity contribution in [2.24, 2.45) is 5.92 Å². The van der Waals surface area contributed by atoms with E-state index in [0.717, 1.165) is 39.0 Å². The Kier molecular flexibility index (Phi) is 7.26. The molecular formula is C27H27Cl2FN2OS. The molecule has 178 valence electrons. The molecule has 3 nitrogen and oxygen atoms in total. The Morgan fingerprint density at radius 3 is 2.41 bits per heavy atom. The molecule has 0 radical (unpaired) electrons. The van der Waals surface area contributed by atoms with Gasteiger partial charge in [-0.3, -0.25) is 4.79 Å². The Bertz CT molecular complexity index is 1130. The Hall–Kier alpha value is -1.92. The lowest BCUT2D eigenvalue weighted by Gasteiger charge is -2.34. The average Bonchev–Trinajstić information content (AvgIpc) is 3.52. The van der Waals surface area contributed by atoms with Crippen LogP contribution < -0.4 is 0 Å². The fourth-order valence-electron chi connectivity index (χ4n) is 5.41. The number of amides is 1. The zero-order chi connectivity index (χ0) is 23.7. The summed E-state index contributed by atoms with van der Waals surface area (Å²) >= 11 is 13.9. The summed E-state index contributed by atoms with van der Waals surface area (Å²) in [7, 11) is 0. The summed E-state index contributed by atoms with van der Waals surface area (Å²) in [6.45, 7) is 4.47. The fraction of sp³-hybridized carbons (Fsp3) is 0.370.